The fourth-order valence-corrected chi connectivity index (χ4v) is 4.09. The lowest BCUT2D eigenvalue weighted by molar-refractivity contribution is -0.217. The molecule has 34 heavy (non-hydrogen) atoms. The lowest BCUT2D eigenvalue weighted by Gasteiger charge is -2.38. The minimum atomic E-state index is -4.53. The number of nitrogens with one attached hydrogen (secondary N) is 1. The number of benzene rings is 2. The van der Waals surface area contributed by atoms with Gasteiger partial charge in [-0.1, -0.05) is 29.8 Å². The summed E-state index contributed by atoms with van der Waals surface area (Å²) in [4.78, 5) is 11.5. The first-order chi connectivity index (χ1) is 16.0. The van der Waals surface area contributed by atoms with Crippen LogP contribution in [-0.2, 0) is 22.0 Å². The molecule has 0 aromatic heterocycles. The lowest BCUT2D eigenvalue weighted by Crippen LogP contribution is -2.51. The fourth-order valence-electron chi connectivity index (χ4n) is 3.90. The molecule has 2 aliphatic rings. The number of nitrogens with zero attached hydrogens (tertiary/aromatic N) is 2. The van der Waals surface area contributed by atoms with Crippen molar-refractivity contribution in [2.24, 2.45) is 5.16 Å². The third kappa shape index (κ3) is 5.06. The van der Waals surface area contributed by atoms with E-state index in [4.69, 9.17) is 21.9 Å². The van der Waals surface area contributed by atoms with Crippen molar-refractivity contribution in [3.63, 3.8) is 0 Å². The van der Waals surface area contributed by atoms with Crippen molar-refractivity contribution in [3.8, 4) is 0 Å². The lowest BCUT2D eigenvalue weighted by atomic mass is 9.91. The van der Waals surface area contributed by atoms with Gasteiger partial charge in [-0.05, 0) is 55.4 Å². The molecule has 0 unspecified atom stereocenters. The number of halogens is 6. The summed E-state index contributed by atoms with van der Waals surface area (Å²) in [5.74, 6) is 0.115. The van der Waals surface area contributed by atoms with E-state index < -0.39 is 29.2 Å². The summed E-state index contributed by atoms with van der Waals surface area (Å²) in [6.07, 6.45) is -5.44. The van der Waals surface area contributed by atoms with Crippen LogP contribution < -0.4 is 5.32 Å². The largest absolute Gasteiger partial charge is 0.416 e. The Balaban J connectivity index is 1.57. The van der Waals surface area contributed by atoms with Gasteiger partial charge in [-0.15, -0.1) is 5.06 Å². The molecule has 0 radical (unpaired) electrons. The van der Waals surface area contributed by atoms with Crippen molar-refractivity contribution in [2.45, 2.75) is 50.2 Å². The summed E-state index contributed by atoms with van der Waals surface area (Å²) >= 11 is 5.22. The van der Waals surface area contributed by atoms with Gasteiger partial charge >= 0.3 is 12.4 Å². The second-order valence-corrected chi connectivity index (χ2v) is 8.34. The number of rotatable bonds is 3. The van der Waals surface area contributed by atoms with Crippen molar-refractivity contribution in [1.29, 1.82) is 0 Å². The number of alkyl halides is 6. The second-order valence-electron chi connectivity index (χ2n) is 7.96. The van der Waals surface area contributed by atoms with Gasteiger partial charge in [0.2, 0.25) is 11.6 Å². The van der Waals surface area contributed by atoms with Crippen LogP contribution in [0.5, 0.6) is 0 Å². The molecule has 2 aromatic rings. The molecule has 0 saturated heterocycles. The van der Waals surface area contributed by atoms with Crippen LogP contribution in [0, 0.1) is 0 Å². The number of anilines is 1. The first-order valence-electron chi connectivity index (χ1n) is 10.4. The van der Waals surface area contributed by atoms with E-state index in [1.165, 1.54) is 29.3 Å². The third-order valence-electron chi connectivity index (χ3n) is 5.58. The summed E-state index contributed by atoms with van der Waals surface area (Å²) in [5.41, 5.74) is -2.34. The zero-order chi connectivity index (χ0) is 24.6. The summed E-state index contributed by atoms with van der Waals surface area (Å²) in [5, 5.41) is 7.71. The van der Waals surface area contributed by atoms with Crippen LogP contribution in [0.2, 0.25) is 0 Å². The van der Waals surface area contributed by atoms with Crippen LogP contribution in [0.3, 0.4) is 0 Å². The third-order valence-corrected chi connectivity index (χ3v) is 5.76. The van der Waals surface area contributed by atoms with Crippen molar-refractivity contribution in [2.75, 3.05) is 5.32 Å². The van der Waals surface area contributed by atoms with E-state index in [0.29, 0.717) is 18.4 Å². The maximum atomic E-state index is 13.0. The SMILES string of the molecule is FC(F)(F)c1ccc(C2=NOC3(CCCCC3)N2OC(=S)Nc2cccc(C(F)(F)F)c2)cc1. The van der Waals surface area contributed by atoms with Crippen LogP contribution in [0.25, 0.3) is 0 Å². The van der Waals surface area contributed by atoms with Gasteiger partial charge in [-0.3, -0.25) is 0 Å². The van der Waals surface area contributed by atoms with E-state index in [2.05, 4.69) is 10.5 Å². The zero-order valence-electron chi connectivity index (χ0n) is 17.5. The van der Waals surface area contributed by atoms with E-state index in [9.17, 15) is 26.3 Å². The van der Waals surface area contributed by atoms with E-state index in [1.54, 1.807) is 0 Å². The van der Waals surface area contributed by atoms with E-state index >= 15 is 0 Å². The molecule has 0 atom stereocenters. The quantitative estimate of drug-likeness (QED) is 0.373. The van der Waals surface area contributed by atoms with Crippen molar-refractivity contribution < 1.29 is 36.0 Å². The smallest absolute Gasteiger partial charge is 0.362 e. The molecule has 1 saturated carbocycles. The normalized spacial score (nSPS) is 17.8. The summed E-state index contributed by atoms with van der Waals surface area (Å²) in [7, 11) is 0. The van der Waals surface area contributed by atoms with Crippen molar-refractivity contribution in [1.82, 2.24) is 5.06 Å². The first-order valence-corrected chi connectivity index (χ1v) is 10.8. The standard InChI is InChI=1S/C22H19F6N3O2S/c23-21(24,25)15-9-7-14(8-10-15)18-30-33-20(11-2-1-3-12-20)31(18)32-19(34)29-17-6-4-5-16(13-17)22(26,27)28/h4-10,13H,1-3,11-12H2,(H,29,34). The summed E-state index contributed by atoms with van der Waals surface area (Å²) in [6.45, 7) is 0. The Hall–Kier alpha value is -3.02. The number of oxime groups is 1. The minimum absolute atomic E-state index is 0.0608. The maximum Gasteiger partial charge on any atom is 0.416 e. The highest BCUT2D eigenvalue weighted by Gasteiger charge is 2.50. The van der Waals surface area contributed by atoms with Crippen molar-refractivity contribution in [3.05, 3.63) is 65.2 Å². The van der Waals surface area contributed by atoms with Gasteiger partial charge in [0.25, 0.3) is 5.17 Å². The van der Waals surface area contributed by atoms with Gasteiger partial charge in [0.1, 0.15) is 0 Å². The number of hydrogen-bond donors (Lipinski definition) is 1. The van der Waals surface area contributed by atoms with Gasteiger partial charge < -0.3 is 15.0 Å². The molecule has 1 fully saturated rings. The van der Waals surface area contributed by atoms with Gasteiger partial charge in [0, 0.05) is 24.1 Å². The maximum absolute atomic E-state index is 13.0. The average Bonchev–Trinajstić information content (AvgIpc) is 3.10. The van der Waals surface area contributed by atoms with Crippen LogP contribution in [-0.4, -0.2) is 21.8 Å². The molecule has 182 valence electrons. The predicted molar refractivity (Wildman–Crippen MR) is 115 cm³/mol. The topological polar surface area (TPSA) is 46.1 Å². The highest BCUT2D eigenvalue weighted by molar-refractivity contribution is 7.80. The number of amidine groups is 1. The monoisotopic (exact) mass is 503 g/mol. The molecule has 1 spiro atoms. The Morgan fingerprint density at radius 2 is 1.59 bits per heavy atom. The van der Waals surface area contributed by atoms with Crippen LogP contribution >= 0.6 is 12.2 Å². The average molecular weight is 503 g/mol. The van der Waals surface area contributed by atoms with Gasteiger partial charge in [0.15, 0.2) is 0 Å². The molecule has 0 amide bonds. The zero-order valence-corrected chi connectivity index (χ0v) is 18.4. The van der Waals surface area contributed by atoms with Crippen LogP contribution in [0.4, 0.5) is 32.0 Å². The van der Waals surface area contributed by atoms with E-state index in [-0.39, 0.29) is 16.7 Å². The highest BCUT2D eigenvalue weighted by atomic mass is 32.1. The summed E-state index contributed by atoms with van der Waals surface area (Å²) in [6, 6.07) is 8.76. The minimum Gasteiger partial charge on any atom is -0.362 e. The van der Waals surface area contributed by atoms with Crippen LogP contribution in [0.15, 0.2) is 53.7 Å². The van der Waals surface area contributed by atoms with Crippen molar-refractivity contribution >= 4 is 28.9 Å². The van der Waals surface area contributed by atoms with Gasteiger partial charge in [-0.2, -0.15) is 26.3 Å². The fraction of sp³-hybridized carbons (Fsp3) is 0.364. The first kappa shape index (κ1) is 24.1. The molecule has 1 heterocycles. The summed E-state index contributed by atoms with van der Waals surface area (Å²) < 4.78 is 77.9. The Labute approximate surface area is 196 Å². The Bertz CT molecular complexity index is 1080. The predicted octanol–water partition coefficient (Wildman–Crippen LogP) is 6.71. The van der Waals surface area contributed by atoms with Crippen LogP contribution in [0.1, 0.15) is 48.8 Å². The molecular weight excluding hydrogens is 484 g/mol. The molecule has 1 aliphatic carbocycles. The Kier molecular flexibility index (Phi) is 6.36. The molecule has 2 aromatic carbocycles. The second kappa shape index (κ2) is 8.97. The molecule has 0 bridgehead atoms. The molecule has 4 rings (SSSR count). The molecule has 12 heteroatoms. The Morgan fingerprint density at radius 1 is 0.941 bits per heavy atom. The molecule has 1 aliphatic heterocycles. The number of hydrogen-bond acceptors (Lipinski definition) is 5. The molecule has 1 N–H and O–H groups in total. The van der Waals surface area contributed by atoms with Gasteiger partial charge in [0.05, 0.1) is 11.1 Å². The highest BCUT2D eigenvalue weighted by Crippen LogP contribution is 2.40. The van der Waals surface area contributed by atoms with E-state index in [1.807, 2.05) is 0 Å². The number of hydroxylamine groups is 2. The Morgan fingerprint density at radius 3 is 2.21 bits per heavy atom. The number of thiocarbonyl (C=S) groups is 1. The molecule has 5 nitrogen and oxygen atoms in total. The van der Waals surface area contributed by atoms with Gasteiger partial charge in [-0.25, -0.2) is 0 Å². The molecular formula is C22H19F6N3O2S. The van der Waals surface area contributed by atoms with E-state index in [0.717, 1.165) is 43.5 Å².